The number of nitrogens with one attached hydrogen (secondary N) is 2. The number of nitrogens with zero attached hydrogens (tertiary/aromatic N) is 4. The van der Waals surface area contributed by atoms with Crippen LogP contribution in [0, 0.1) is 5.92 Å². The predicted octanol–water partition coefficient (Wildman–Crippen LogP) is 4.71. The van der Waals surface area contributed by atoms with Crippen LogP contribution in [-0.2, 0) is 11.3 Å². The third-order valence-electron chi connectivity index (χ3n) is 8.23. The van der Waals surface area contributed by atoms with Crippen LogP contribution in [0.5, 0.6) is 0 Å². The molecule has 2 aromatic heterocycles. The SMILES string of the molecule is COC1CCC(NC(=O)c2cnn3c2C=C(C2=C[C@H]4CC4c4nc(N[C@@H](C)C(F)(F)F)ncc42)CC3)CC1. The molecule has 1 unspecified atom stereocenters. The standard InChI is InChI=1S/C27H31F3N6O2/c1-14(27(28,29)30)33-26-31-12-21-19(9-16-10-20(16)24(21)35-26)15-7-8-36-23(11-15)22(13-32-36)25(37)34-17-3-5-18(38-2)6-4-17/h9,11-14,16-18,20H,3-8,10H2,1-2H3,(H,34,37)(H,31,33,35)/t14-,16-,17?,18?,20?/m0/s1. The third kappa shape index (κ3) is 4.72. The maximum Gasteiger partial charge on any atom is 0.408 e. The van der Waals surface area contributed by atoms with E-state index in [2.05, 4.69) is 31.8 Å². The van der Waals surface area contributed by atoms with Gasteiger partial charge in [0, 0.05) is 37.4 Å². The zero-order chi connectivity index (χ0) is 26.6. The topological polar surface area (TPSA) is 94.0 Å². The highest BCUT2D eigenvalue weighted by atomic mass is 19.4. The molecule has 2 fully saturated rings. The lowest BCUT2D eigenvalue weighted by Crippen LogP contribution is -2.39. The molecule has 8 nitrogen and oxygen atoms in total. The van der Waals surface area contributed by atoms with Crippen molar-refractivity contribution in [3.63, 3.8) is 0 Å². The summed E-state index contributed by atoms with van der Waals surface area (Å²) in [5, 5.41) is 10.0. The summed E-state index contributed by atoms with van der Waals surface area (Å²) < 4.78 is 46.4. The summed E-state index contributed by atoms with van der Waals surface area (Å²) in [7, 11) is 1.73. The molecule has 3 heterocycles. The van der Waals surface area contributed by atoms with Crippen molar-refractivity contribution in [2.45, 2.75) is 82.3 Å². The Bertz CT molecular complexity index is 1310. The summed E-state index contributed by atoms with van der Waals surface area (Å²) in [4.78, 5) is 21.9. The predicted molar refractivity (Wildman–Crippen MR) is 135 cm³/mol. The molecule has 2 saturated carbocycles. The van der Waals surface area contributed by atoms with E-state index >= 15 is 0 Å². The van der Waals surface area contributed by atoms with Crippen molar-refractivity contribution in [3.8, 4) is 0 Å². The van der Waals surface area contributed by atoms with Crippen LogP contribution >= 0.6 is 0 Å². The Balaban J connectivity index is 1.23. The van der Waals surface area contributed by atoms with Crippen LogP contribution in [0.2, 0.25) is 0 Å². The molecule has 0 aromatic carbocycles. The molecule has 202 valence electrons. The number of aryl methyl sites for hydroxylation is 1. The number of carbonyl (C=O) groups excluding carboxylic acids is 1. The van der Waals surface area contributed by atoms with Crippen molar-refractivity contribution in [2.24, 2.45) is 5.92 Å². The van der Waals surface area contributed by atoms with Gasteiger partial charge in [0.15, 0.2) is 0 Å². The lowest BCUT2D eigenvalue weighted by molar-refractivity contribution is -0.138. The minimum absolute atomic E-state index is 0.00494. The first-order valence-electron chi connectivity index (χ1n) is 13.2. The Morgan fingerprint density at radius 3 is 2.74 bits per heavy atom. The van der Waals surface area contributed by atoms with Gasteiger partial charge in [0.25, 0.3) is 5.91 Å². The van der Waals surface area contributed by atoms with Crippen LogP contribution in [0.4, 0.5) is 19.1 Å². The minimum Gasteiger partial charge on any atom is -0.381 e. The number of hydrogen-bond donors (Lipinski definition) is 2. The number of hydrogen-bond acceptors (Lipinski definition) is 6. The van der Waals surface area contributed by atoms with E-state index in [-0.39, 0.29) is 29.9 Å². The van der Waals surface area contributed by atoms with Gasteiger partial charge in [-0.25, -0.2) is 9.97 Å². The van der Waals surface area contributed by atoms with Crippen LogP contribution < -0.4 is 10.6 Å². The molecule has 4 aliphatic rings. The molecule has 0 radical (unpaired) electrons. The van der Waals surface area contributed by atoms with Crippen LogP contribution in [0.25, 0.3) is 11.6 Å². The van der Waals surface area contributed by atoms with Crippen LogP contribution in [0.1, 0.15) is 78.7 Å². The second-order valence-electron chi connectivity index (χ2n) is 10.8. The number of amides is 1. The summed E-state index contributed by atoms with van der Waals surface area (Å²) >= 11 is 0. The number of methoxy groups -OCH3 is 1. The van der Waals surface area contributed by atoms with Crippen LogP contribution in [0.15, 0.2) is 24.0 Å². The van der Waals surface area contributed by atoms with E-state index in [1.165, 1.54) is 0 Å². The number of anilines is 1. The number of alkyl halides is 3. The van der Waals surface area contributed by atoms with E-state index < -0.39 is 12.2 Å². The van der Waals surface area contributed by atoms with Gasteiger partial charge >= 0.3 is 6.18 Å². The molecular weight excluding hydrogens is 497 g/mol. The van der Waals surface area contributed by atoms with Crippen LogP contribution in [0.3, 0.4) is 0 Å². The van der Waals surface area contributed by atoms with E-state index in [0.29, 0.717) is 18.0 Å². The first-order valence-corrected chi connectivity index (χ1v) is 13.2. The number of rotatable bonds is 6. The molecule has 1 aliphatic heterocycles. The molecule has 0 saturated heterocycles. The van der Waals surface area contributed by atoms with Crippen molar-refractivity contribution in [1.82, 2.24) is 25.1 Å². The molecule has 0 spiro atoms. The van der Waals surface area contributed by atoms with Gasteiger partial charge in [-0.05, 0) is 68.6 Å². The van der Waals surface area contributed by atoms with Gasteiger partial charge in [-0.15, -0.1) is 0 Å². The van der Waals surface area contributed by atoms with Crippen LogP contribution in [-0.4, -0.2) is 57.1 Å². The fourth-order valence-corrected chi connectivity index (χ4v) is 5.81. The molecule has 2 aromatic rings. The molecular formula is C27H31F3N6O2. The highest BCUT2D eigenvalue weighted by molar-refractivity contribution is 5.99. The molecule has 38 heavy (non-hydrogen) atoms. The van der Waals surface area contributed by atoms with E-state index in [0.717, 1.165) is 73.5 Å². The molecule has 1 amide bonds. The number of aromatic nitrogens is 4. The fraction of sp³-hybridized carbons (Fsp3) is 0.556. The third-order valence-corrected chi connectivity index (χ3v) is 8.23. The van der Waals surface area contributed by atoms with E-state index in [4.69, 9.17) is 4.74 Å². The molecule has 6 rings (SSSR count). The van der Waals surface area contributed by atoms with Crippen molar-refractivity contribution in [2.75, 3.05) is 12.4 Å². The summed E-state index contributed by atoms with van der Waals surface area (Å²) in [6.45, 7) is 1.69. The average molecular weight is 529 g/mol. The van der Waals surface area contributed by atoms with E-state index in [1.807, 2.05) is 10.8 Å². The molecule has 3 aliphatic carbocycles. The van der Waals surface area contributed by atoms with E-state index in [9.17, 15) is 18.0 Å². The summed E-state index contributed by atoms with van der Waals surface area (Å²) in [5.41, 5.74) is 5.04. The Morgan fingerprint density at radius 2 is 2.00 bits per heavy atom. The monoisotopic (exact) mass is 528 g/mol. The van der Waals surface area contributed by atoms with Crippen molar-refractivity contribution >= 4 is 23.5 Å². The lowest BCUT2D eigenvalue weighted by Gasteiger charge is -2.28. The Kier molecular flexibility index (Phi) is 6.28. The Morgan fingerprint density at radius 1 is 1.21 bits per heavy atom. The van der Waals surface area contributed by atoms with E-state index in [1.54, 1.807) is 19.5 Å². The Hall–Kier alpha value is -3.21. The second kappa shape index (κ2) is 9.52. The summed E-state index contributed by atoms with van der Waals surface area (Å²) in [6, 6.07) is -1.62. The van der Waals surface area contributed by atoms with Crippen molar-refractivity contribution < 1.29 is 22.7 Å². The number of ether oxygens (including phenoxy) is 1. The summed E-state index contributed by atoms with van der Waals surface area (Å²) in [5.74, 6) is 0.401. The highest BCUT2D eigenvalue weighted by Gasteiger charge is 2.44. The minimum atomic E-state index is -4.38. The maximum absolute atomic E-state index is 13.2. The van der Waals surface area contributed by atoms with Gasteiger partial charge in [0.05, 0.1) is 29.3 Å². The lowest BCUT2D eigenvalue weighted by atomic mass is 9.87. The zero-order valence-electron chi connectivity index (χ0n) is 21.4. The number of fused-ring (bicyclic) bond motifs is 4. The molecule has 0 bridgehead atoms. The smallest absolute Gasteiger partial charge is 0.381 e. The van der Waals surface area contributed by atoms with Gasteiger partial charge in [-0.1, -0.05) is 6.08 Å². The Labute approximate surface area is 218 Å². The molecule has 2 N–H and O–H groups in total. The second-order valence-corrected chi connectivity index (χ2v) is 10.8. The van der Waals surface area contributed by atoms with Crippen molar-refractivity contribution in [3.05, 3.63) is 46.6 Å². The quantitative estimate of drug-likeness (QED) is 0.564. The number of halogens is 3. The summed E-state index contributed by atoms with van der Waals surface area (Å²) in [6.07, 6.45) is 8.68. The molecule has 11 heteroatoms. The molecule has 3 atom stereocenters. The normalized spacial score (nSPS) is 26.8. The fourth-order valence-electron chi connectivity index (χ4n) is 5.81. The zero-order valence-corrected chi connectivity index (χ0v) is 21.4. The highest BCUT2D eigenvalue weighted by Crippen LogP contribution is 2.55. The number of allylic oxidation sites excluding steroid dienone is 3. The van der Waals surface area contributed by atoms with Gasteiger partial charge in [-0.3, -0.25) is 9.48 Å². The van der Waals surface area contributed by atoms with Crippen molar-refractivity contribution in [1.29, 1.82) is 0 Å². The van der Waals surface area contributed by atoms with Gasteiger partial charge in [0.2, 0.25) is 5.95 Å². The number of carbonyl (C=O) groups is 1. The van der Waals surface area contributed by atoms with Gasteiger partial charge < -0.3 is 15.4 Å². The van der Waals surface area contributed by atoms with Gasteiger partial charge in [0.1, 0.15) is 6.04 Å². The average Bonchev–Trinajstić information content (AvgIpc) is 3.57. The largest absolute Gasteiger partial charge is 0.408 e. The maximum atomic E-state index is 13.2. The van der Waals surface area contributed by atoms with Gasteiger partial charge in [-0.2, -0.15) is 18.3 Å². The first-order chi connectivity index (χ1) is 18.2. The first kappa shape index (κ1) is 25.1.